The van der Waals surface area contributed by atoms with E-state index in [0.29, 0.717) is 5.56 Å². The molecule has 1 aliphatic heterocycles. The van der Waals surface area contributed by atoms with Gasteiger partial charge in [0.1, 0.15) is 19.2 Å². The Hall–Kier alpha value is -4.30. The van der Waals surface area contributed by atoms with Crippen molar-refractivity contribution in [2.45, 2.75) is 44.6 Å². The van der Waals surface area contributed by atoms with E-state index in [1.165, 1.54) is 51.7 Å². The number of rotatable bonds is 13. The Balaban J connectivity index is 2.10. The third kappa shape index (κ3) is 8.25. The van der Waals surface area contributed by atoms with Gasteiger partial charge in [-0.3, -0.25) is 19.3 Å². The number of benzene rings is 2. The van der Waals surface area contributed by atoms with Crippen LogP contribution in [0, 0.1) is 5.92 Å². The van der Waals surface area contributed by atoms with Crippen LogP contribution in [-0.4, -0.2) is 98.6 Å². The molecule has 0 aromatic heterocycles. The fourth-order valence-electron chi connectivity index (χ4n) is 5.07. The van der Waals surface area contributed by atoms with Crippen molar-refractivity contribution in [3.05, 3.63) is 59.8 Å². The summed E-state index contributed by atoms with van der Waals surface area (Å²) in [6.07, 6.45) is -6.85. The molecule has 1 heterocycles. The molecule has 0 saturated carbocycles. The fourth-order valence-corrected chi connectivity index (χ4v) is 5.07. The number of hydrogen-bond donors (Lipinski definition) is 2. The molecule has 3 amide bonds. The minimum Gasteiger partial charge on any atom is -0.493 e. The van der Waals surface area contributed by atoms with Gasteiger partial charge in [0.2, 0.25) is 11.7 Å². The summed E-state index contributed by atoms with van der Waals surface area (Å²) in [6, 6.07) is 8.26. The van der Waals surface area contributed by atoms with Gasteiger partial charge in [-0.25, -0.2) is 0 Å². The molecule has 246 valence electrons. The molecule has 0 fully saturated rings. The van der Waals surface area contributed by atoms with Crippen molar-refractivity contribution in [3.8, 4) is 17.2 Å². The molecule has 0 radical (unpaired) electrons. The zero-order valence-corrected chi connectivity index (χ0v) is 25.9. The second-order valence-corrected chi connectivity index (χ2v) is 10.6. The lowest BCUT2D eigenvalue weighted by atomic mass is 9.96. The Bertz CT molecular complexity index is 1360. The van der Waals surface area contributed by atoms with Gasteiger partial charge in [-0.2, -0.15) is 13.2 Å². The highest BCUT2D eigenvalue weighted by Crippen LogP contribution is 2.41. The van der Waals surface area contributed by atoms with Crippen LogP contribution < -0.4 is 19.5 Å². The van der Waals surface area contributed by atoms with E-state index in [0.717, 1.165) is 4.90 Å². The summed E-state index contributed by atoms with van der Waals surface area (Å²) in [6.45, 7) is 2.35. The van der Waals surface area contributed by atoms with Crippen molar-refractivity contribution < 1.29 is 51.6 Å². The van der Waals surface area contributed by atoms with Crippen molar-refractivity contribution in [1.82, 2.24) is 15.1 Å². The van der Waals surface area contributed by atoms with Crippen LogP contribution >= 0.6 is 0 Å². The van der Waals surface area contributed by atoms with Crippen LogP contribution in [0.2, 0.25) is 0 Å². The van der Waals surface area contributed by atoms with E-state index in [-0.39, 0.29) is 41.5 Å². The maximum atomic E-state index is 14.1. The predicted molar refractivity (Wildman–Crippen MR) is 157 cm³/mol. The standard InChI is InChI=1S/C31H38F3N3O8/c1-18(2)27-30(41)36(16-25(38)35-21(29(40)31(32,33)34)12-19-10-8-7-9-11-19)22(15-37(27)26(39)17-42-3)20-13-23(43-4)28(45-6)24(14-20)44-5/h7-11,13-15,18,21,27,29,40H,12,16-17H2,1-6H3,(H,35,38). The Morgan fingerprint density at radius 3 is 2.09 bits per heavy atom. The van der Waals surface area contributed by atoms with Crippen LogP contribution in [0.1, 0.15) is 25.0 Å². The van der Waals surface area contributed by atoms with E-state index in [4.69, 9.17) is 18.9 Å². The quantitative estimate of drug-likeness (QED) is 0.344. The molecule has 1 aliphatic rings. The lowest BCUT2D eigenvalue weighted by molar-refractivity contribution is -0.212. The van der Waals surface area contributed by atoms with Crippen molar-refractivity contribution in [3.63, 3.8) is 0 Å². The van der Waals surface area contributed by atoms with Gasteiger partial charge in [0, 0.05) is 18.9 Å². The molecule has 2 N–H and O–H groups in total. The molecule has 3 atom stereocenters. The van der Waals surface area contributed by atoms with Gasteiger partial charge in [0.05, 0.1) is 33.1 Å². The lowest BCUT2D eigenvalue weighted by Crippen LogP contribution is -2.58. The summed E-state index contributed by atoms with van der Waals surface area (Å²) in [5.74, 6) is -1.93. The van der Waals surface area contributed by atoms with Crippen molar-refractivity contribution in [1.29, 1.82) is 0 Å². The average molecular weight is 638 g/mol. The first kappa shape index (κ1) is 35.2. The highest BCUT2D eigenvalue weighted by atomic mass is 19.4. The number of methoxy groups -OCH3 is 4. The number of halogens is 3. The molecular weight excluding hydrogens is 599 g/mol. The molecule has 2 aromatic carbocycles. The molecule has 11 nitrogen and oxygen atoms in total. The van der Waals surface area contributed by atoms with Crippen LogP contribution in [0.5, 0.6) is 17.2 Å². The molecule has 2 aromatic rings. The van der Waals surface area contributed by atoms with E-state index < -0.39 is 54.5 Å². The minimum absolute atomic E-state index is 0.0618. The average Bonchev–Trinajstić information content (AvgIpc) is 3.00. The molecule has 0 aliphatic carbocycles. The number of nitrogens with zero attached hydrogens (tertiary/aromatic N) is 2. The monoisotopic (exact) mass is 637 g/mol. The van der Waals surface area contributed by atoms with Crippen LogP contribution in [0.15, 0.2) is 48.7 Å². The zero-order chi connectivity index (χ0) is 33.5. The highest BCUT2D eigenvalue weighted by Gasteiger charge is 2.45. The molecule has 45 heavy (non-hydrogen) atoms. The molecule has 0 spiro atoms. The SMILES string of the molecule is COCC(=O)N1C=C(c2cc(OC)c(OC)c(OC)c2)N(CC(=O)NC(Cc2ccccc2)C(O)C(F)(F)F)C(=O)C1C(C)C. The Labute approximate surface area is 259 Å². The fraction of sp³-hybridized carbons (Fsp3) is 0.452. The van der Waals surface area contributed by atoms with E-state index >= 15 is 0 Å². The summed E-state index contributed by atoms with van der Waals surface area (Å²) >= 11 is 0. The largest absolute Gasteiger partial charge is 0.493 e. The Morgan fingerprint density at radius 2 is 1.60 bits per heavy atom. The molecule has 3 rings (SSSR count). The summed E-state index contributed by atoms with van der Waals surface area (Å²) in [5.41, 5.74) is 0.788. The maximum absolute atomic E-state index is 14.1. The first-order chi connectivity index (χ1) is 21.3. The molecule has 0 saturated heterocycles. The normalized spacial score (nSPS) is 16.6. The van der Waals surface area contributed by atoms with Gasteiger partial charge in [-0.05, 0) is 30.0 Å². The molecule has 3 unspecified atom stereocenters. The number of carbonyl (C=O) groups is 3. The second kappa shape index (κ2) is 15.1. The minimum atomic E-state index is -5.03. The number of aliphatic hydroxyl groups is 1. The van der Waals surface area contributed by atoms with Crippen LogP contribution in [-0.2, 0) is 25.5 Å². The lowest BCUT2D eigenvalue weighted by Gasteiger charge is -2.41. The van der Waals surface area contributed by atoms with Gasteiger partial charge in [0.25, 0.3) is 11.8 Å². The highest BCUT2D eigenvalue weighted by molar-refractivity contribution is 6.00. The van der Waals surface area contributed by atoms with Crippen LogP contribution in [0.3, 0.4) is 0 Å². The summed E-state index contributed by atoms with van der Waals surface area (Å²) in [7, 11) is 5.50. The Kier molecular flexibility index (Phi) is 11.8. The van der Waals surface area contributed by atoms with Crippen LogP contribution in [0.25, 0.3) is 5.70 Å². The second-order valence-electron chi connectivity index (χ2n) is 10.6. The summed E-state index contributed by atoms with van der Waals surface area (Å²) in [4.78, 5) is 42.9. The molecular formula is C31H38F3N3O8. The van der Waals surface area contributed by atoms with Gasteiger partial charge in [-0.15, -0.1) is 0 Å². The number of carbonyl (C=O) groups excluding carboxylic acids is 3. The molecule has 14 heteroatoms. The van der Waals surface area contributed by atoms with Gasteiger partial charge in [0.15, 0.2) is 17.6 Å². The topological polar surface area (TPSA) is 127 Å². The van der Waals surface area contributed by atoms with Gasteiger partial charge >= 0.3 is 6.18 Å². The van der Waals surface area contributed by atoms with E-state index in [9.17, 15) is 32.7 Å². The van der Waals surface area contributed by atoms with E-state index in [1.54, 1.807) is 44.2 Å². The van der Waals surface area contributed by atoms with E-state index in [1.807, 2.05) is 0 Å². The predicted octanol–water partition coefficient (Wildman–Crippen LogP) is 3.00. The van der Waals surface area contributed by atoms with Gasteiger partial charge in [-0.1, -0.05) is 44.2 Å². The zero-order valence-electron chi connectivity index (χ0n) is 25.9. The van der Waals surface area contributed by atoms with Crippen molar-refractivity contribution in [2.24, 2.45) is 5.92 Å². The number of ether oxygens (including phenoxy) is 4. The smallest absolute Gasteiger partial charge is 0.416 e. The molecule has 0 bridgehead atoms. The first-order valence-corrected chi connectivity index (χ1v) is 14.0. The summed E-state index contributed by atoms with van der Waals surface area (Å²) in [5, 5.41) is 12.4. The first-order valence-electron chi connectivity index (χ1n) is 14.0. The van der Waals surface area contributed by atoms with Crippen LogP contribution in [0.4, 0.5) is 13.2 Å². The number of nitrogens with one attached hydrogen (secondary N) is 1. The number of aliphatic hydroxyl groups excluding tert-OH is 1. The van der Waals surface area contributed by atoms with E-state index in [2.05, 4.69) is 5.32 Å². The number of amides is 3. The summed E-state index contributed by atoms with van der Waals surface area (Å²) < 4.78 is 62.2. The number of alkyl halides is 3. The third-order valence-corrected chi connectivity index (χ3v) is 7.18. The van der Waals surface area contributed by atoms with Crippen molar-refractivity contribution >= 4 is 23.4 Å². The van der Waals surface area contributed by atoms with Gasteiger partial charge < -0.3 is 34.3 Å². The maximum Gasteiger partial charge on any atom is 0.416 e. The van der Waals surface area contributed by atoms with Crippen molar-refractivity contribution in [2.75, 3.05) is 41.6 Å². The third-order valence-electron chi connectivity index (χ3n) is 7.18. The Morgan fingerprint density at radius 1 is 1.00 bits per heavy atom. The number of hydrogen-bond acceptors (Lipinski definition) is 8.